The summed E-state index contributed by atoms with van der Waals surface area (Å²) in [7, 11) is 0. The summed E-state index contributed by atoms with van der Waals surface area (Å²) in [6.45, 7) is 3.11. The number of hydrogen-bond acceptors (Lipinski definition) is 3. The lowest BCUT2D eigenvalue weighted by Gasteiger charge is -2.27. The van der Waals surface area contributed by atoms with Crippen molar-refractivity contribution in [3.05, 3.63) is 29.7 Å². The Bertz CT molecular complexity index is 417. The minimum absolute atomic E-state index is 0.0679. The van der Waals surface area contributed by atoms with Crippen LogP contribution >= 0.6 is 11.8 Å². The van der Waals surface area contributed by atoms with E-state index >= 15 is 0 Å². The zero-order chi connectivity index (χ0) is 11.1. The van der Waals surface area contributed by atoms with Crippen LogP contribution < -0.4 is 10.6 Å². The largest absolute Gasteiger partial charge is 0.355 e. The highest BCUT2D eigenvalue weighted by Crippen LogP contribution is 2.42. The van der Waals surface area contributed by atoms with E-state index < -0.39 is 0 Å². The molecular formula is C13H17N2S. The van der Waals surface area contributed by atoms with Gasteiger partial charge in [-0.25, -0.2) is 0 Å². The fraction of sp³-hybridized carbons (Fsp3) is 0.462. The van der Waals surface area contributed by atoms with Crippen LogP contribution in [-0.4, -0.2) is 18.5 Å². The molecule has 1 radical (unpaired) electrons. The van der Waals surface area contributed by atoms with Crippen molar-refractivity contribution in [3.8, 4) is 0 Å². The van der Waals surface area contributed by atoms with Gasteiger partial charge in [-0.05, 0) is 36.5 Å². The molecule has 85 valence electrons. The Kier molecular flexibility index (Phi) is 2.60. The normalized spacial score (nSPS) is 19.8. The second-order valence-corrected chi connectivity index (χ2v) is 5.55. The second kappa shape index (κ2) is 3.97. The van der Waals surface area contributed by atoms with E-state index in [1.807, 2.05) is 18.7 Å². The Hall–Kier alpha value is -0.670. The third-order valence-corrected chi connectivity index (χ3v) is 4.65. The highest BCUT2D eigenvalue weighted by molar-refractivity contribution is 7.99. The number of thioether (sulfide) groups is 1. The van der Waals surface area contributed by atoms with E-state index in [4.69, 9.17) is 5.73 Å². The van der Waals surface area contributed by atoms with Gasteiger partial charge in [0.15, 0.2) is 0 Å². The van der Waals surface area contributed by atoms with Gasteiger partial charge in [-0.15, -0.1) is 11.8 Å². The van der Waals surface area contributed by atoms with Crippen LogP contribution in [0.25, 0.3) is 0 Å². The number of hydrogen-bond donors (Lipinski definition) is 1. The molecule has 2 N–H and O–H groups in total. The molecule has 0 unspecified atom stereocenters. The van der Waals surface area contributed by atoms with Crippen molar-refractivity contribution >= 4 is 17.4 Å². The Morgan fingerprint density at radius 2 is 2.31 bits per heavy atom. The molecule has 0 spiro atoms. The van der Waals surface area contributed by atoms with Gasteiger partial charge in [-0.2, -0.15) is 0 Å². The molecule has 3 heteroatoms. The number of fused-ring (bicyclic) bond motifs is 3. The topological polar surface area (TPSA) is 29.3 Å². The van der Waals surface area contributed by atoms with Crippen molar-refractivity contribution in [1.29, 1.82) is 0 Å². The van der Waals surface area contributed by atoms with Gasteiger partial charge < -0.3 is 10.6 Å². The molecule has 0 saturated carbocycles. The molecule has 0 fully saturated rings. The zero-order valence-corrected chi connectivity index (χ0v) is 10.4. The van der Waals surface area contributed by atoms with Crippen LogP contribution in [0.4, 0.5) is 5.69 Å². The number of nitrogens with two attached hydrogens (primary N) is 1. The average molecular weight is 233 g/mol. The van der Waals surface area contributed by atoms with E-state index in [0.29, 0.717) is 0 Å². The molecule has 2 aliphatic heterocycles. The number of anilines is 1. The lowest BCUT2D eigenvalue weighted by Crippen LogP contribution is -2.41. The quantitative estimate of drug-likeness (QED) is 0.849. The van der Waals surface area contributed by atoms with Gasteiger partial charge in [0, 0.05) is 22.9 Å². The first kappa shape index (κ1) is 10.5. The maximum atomic E-state index is 6.15. The fourth-order valence-electron chi connectivity index (χ4n) is 2.70. The molecule has 2 aliphatic rings. The fourth-order valence-corrected chi connectivity index (χ4v) is 3.76. The van der Waals surface area contributed by atoms with E-state index in [1.54, 1.807) is 0 Å². The summed E-state index contributed by atoms with van der Waals surface area (Å²) < 4.78 is 0. The summed E-state index contributed by atoms with van der Waals surface area (Å²) in [6.07, 6.45) is 4.50. The smallest absolute Gasteiger partial charge is 0.0800 e. The minimum atomic E-state index is 0.0679. The molecular weight excluding hydrogens is 216 g/mol. The highest BCUT2D eigenvalue weighted by atomic mass is 32.2. The Morgan fingerprint density at radius 1 is 1.44 bits per heavy atom. The van der Waals surface area contributed by atoms with Crippen LogP contribution in [0.1, 0.15) is 18.1 Å². The minimum Gasteiger partial charge on any atom is -0.355 e. The average Bonchev–Trinajstić information content (AvgIpc) is 2.92. The van der Waals surface area contributed by atoms with Gasteiger partial charge in [-0.3, -0.25) is 0 Å². The highest BCUT2D eigenvalue weighted by Gasteiger charge is 2.28. The van der Waals surface area contributed by atoms with Crippen LogP contribution in [0, 0.1) is 6.42 Å². The lowest BCUT2D eigenvalue weighted by atomic mass is 10.1. The van der Waals surface area contributed by atoms with Gasteiger partial charge in [0.1, 0.15) is 0 Å². The second-order valence-electron chi connectivity index (χ2n) is 4.42. The van der Waals surface area contributed by atoms with Crippen LogP contribution in [0.3, 0.4) is 0 Å². The summed E-state index contributed by atoms with van der Waals surface area (Å²) in [6, 6.07) is 4.57. The maximum Gasteiger partial charge on any atom is 0.0800 e. The molecule has 0 aromatic heterocycles. The molecule has 1 aromatic carbocycles. The van der Waals surface area contributed by atoms with Crippen LogP contribution in [0.15, 0.2) is 17.0 Å². The predicted molar refractivity (Wildman–Crippen MR) is 69.9 cm³/mol. The standard InChI is InChI=1S/C13H17N2S/c1-2-12(14)15-7-5-9-3-4-11-10(13(9)15)6-8-16-11/h2-4,12H,5-8,14H2,1H3/t12-/m0/s1. The van der Waals surface area contributed by atoms with Crippen molar-refractivity contribution < 1.29 is 0 Å². The van der Waals surface area contributed by atoms with Crippen molar-refractivity contribution in [2.45, 2.75) is 30.8 Å². The zero-order valence-electron chi connectivity index (χ0n) is 9.57. The first-order valence-corrected chi connectivity index (χ1v) is 6.89. The predicted octanol–water partition coefficient (Wildman–Crippen LogP) is 2.21. The van der Waals surface area contributed by atoms with E-state index in [2.05, 4.69) is 23.5 Å². The summed E-state index contributed by atoms with van der Waals surface area (Å²) in [5.74, 6) is 1.23. The van der Waals surface area contributed by atoms with E-state index in [0.717, 1.165) is 13.0 Å². The first-order valence-electron chi connectivity index (χ1n) is 5.90. The number of rotatable bonds is 2. The van der Waals surface area contributed by atoms with Crippen LogP contribution in [0.5, 0.6) is 0 Å². The Morgan fingerprint density at radius 3 is 3.12 bits per heavy atom. The van der Waals surface area contributed by atoms with E-state index in [-0.39, 0.29) is 6.17 Å². The Balaban J connectivity index is 2.07. The third kappa shape index (κ3) is 1.45. The van der Waals surface area contributed by atoms with Gasteiger partial charge >= 0.3 is 0 Å². The van der Waals surface area contributed by atoms with Crippen molar-refractivity contribution in [2.24, 2.45) is 5.73 Å². The third-order valence-electron chi connectivity index (χ3n) is 3.54. The van der Waals surface area contributed by atoms with Gasteiger partial charge in [0.2, 0.25) is 0 Å². The van der Waals surface area contributed by atoms with E-state index in [9.17, 15) is 0 Å². The number of benzene rings is 1. The van der Waals surface area contributed by atoms with Crippen molar-refractivity contribution in [3.63, 3.8) is 0 Å². The number of nitrogens with zero attached hydrogens (tertiary/aromatic N) is 1. The molecule has 1 atom stereocenters. The van der Waals surface area contributed by atoms with Crippen molar-refractivity contribution in [2.75, 3.05) is 17.2 Å². The lowest BCUT2D eigenvalue weighted by molar-refractivity contribution is 0.696. The molecule has 16 heavy (non-hydrogen) atoms. The van der Waals surface area contributed by atoms with Crippen LogP contribution in [-0.2, 0) is 12.8 Å². The molecule has 0 amide bonds. The summed E-state index contributed by atoms with van der Waals surface area (Å²) in [5.41, 5.74) is 10.6. The van der Waals surface area contributed by atoms with E-state index in [1.165, 1.54) is 33.9 Å². The SMILES string of the molecule is C[CH][C@@H](N)N1CCc2ccc3c(c21)CCS3. The molecule has 1 aromatic rings. The molecule has 0 saturated heterocycles. The summed E-state index contributed by atoms with van der Waals surface area (Å²) in [4.78, 5) is 3.83. The molecule has 3 rings (SSSR count). The molecule has 2 heterocycles. The molecule has 0 bridgehead atoms. The summed E-state index contributed by atoms with van der Waals surface area (Å²) >= 11 is 1.98. The van der Waals surface area contributed by atoms with Crippen molar-refractivity contribution in [1.82, 2.24) is 0 Å². The maximum absolute atomic E-state index is 6.15. The van der Waals surface area contributed by atoms with Gasteiger partial charge in [0.05, 0.1) is 6.17 Å². The van der Waals surface area contributed by atoms with Gasteiger partial charge in [0.25, 0.3) is 0 Å². The Labute approximate surface area is 101 Å². The first-order chi connectivity index (χ1) is 7.81. The summed E-state index contributed by atoms with van der Waals surface area (Å²) in [5, 5.41) is 0. The van der Waals surface area contributed by atoms with Crippen LogP contribution in [0.2, 0.25) is 0 Å². The molecule has 2 nitrogen and oxygen atoms in total. The molecule has 0 aliphatic carbocycles. The monoisotopic (exact) mass is 233 g/mol. The van der Waals surface area contributed by atoms with Gasteiger partial charge in [-0.1, -0.05) is 13.0 Å².